The van der Waals surface area contributed by atoms with Crippen LogP contribution < -0.4 is 9.47 Å². The molecule has 0 heterocycles. The third kappa shape index (κ3) is 18.1. The van der Waals surface area contributed by atoms with Crippen molar-refractivity contribution in [2.24, 2.45) is 0 Å². The van der Waals surface area contributed by atoms with Gasteiger partial charge in [-0.2, -0.15) is 0 Å². The zero-order valence-electron chi connectivity index (χ0n) is 39.1. The van der Waals surface area contributed by atoms with Gasteiger partial charge in [-0.25, -0.2) is 0 Å². The standard InChI is InChI=1S/C48H78O9/c1-43(2,3)35-27-33(28-36(44(4,5)6)41(35)54-31-56-47(13,14)15)19-21-39(49)52-25-23-51-24-26-53-40(50)22-20-34-29-37(45(7,8)9)42(38(30-34)46(10,11)12)55-32-57-48(16,17)18/h27-30H,19-26,31-32H2,1-18H3. The predicted octanol–water partition coefficient (Wildman–Crippen LogP) is 10.8. The van der Waals surface area contributed by atoms with E-state index >= 15 is 0 Å². The Hall–Kier alpha value is -3.14. The molecule has 0 saturated carbocycles. The van der Waals surface area contributed by atoms with Gasteiger partial charge in [-0.1, -0.05) is 107 Å². The average Bonchev–Trinajstić information content (AvgIpc) is 3.03. The van der Waals surface area contributed by atoms with Crippen molar-refractivity contribution in [3.8, 4) is 11.5 Å². The SMILES string of the molecule is CC(C)(C)OCOc1c(C(C)(C)C)cc(CCC(=O)OCCOCCOC(=O)CCc2cc(C(C)(C)C)c(OCOC(C)(C)C)c(C(C)(C)C)c2)cc1C(C)(C)C. The van der Waals surface area contributed by atoms with Crippen LogP contribution in [0.25, 0.3) is 0 Å². The van der Waals surface area contributed by atoms with Gasteiger partial charge in [-0.05, 0) is 87.2 Å². The summed E-state index contributed by atoms with van der Waals surface area (Å²) in [5.41, 5.74) is 5.06. The van der Waals surface area contributed by atoms with Crippen molar-refractivity contribution >= 4 is 11.9 Å². The molecule has 0 N–H and O–H groups in total. The van der Waals surface area contributed by atoms with Crippen LogP contribution in [0.4, 0.5) is 0 Å². The van der Waals surface area contributed by atoms with Crippen molar-refractivity contribution in [1.82, 2.24) is 0 Å². The molecule has 0 saturated heterocycles. The Labute approximate surface area is 346 Å². The molecule has 0 atom stereocenters. The van der Waals surface area contributed by atoms with Gasteiger partial charge >= 0.3 is 11.9 Å². The Kier molecular flexibility index (Phi) is 17.7. The van der Waals surface area contributed by atoms with Gasteiger partial charge in [0.25, 0.3) is 0 Å². The van der Waals surface area contributed by atoms with Crippen LogP contribution >= 0.6 is 0 Å². The highest BCUT2D eigenvalue weighted by Gasteiger charge is 2.30. The summed E-state index contributed by atoms with van der Waals surface area (Å²) < 4.78 is 40.9. The summed E-state index contributed by atoms with van der Waals surface area (Å²) in [7, 11) is 0. The van der Waals surface area contributed by atoms with Crippen LogP contribution in [0.2, 0.25) is 0 Å². The summed E-state index contributed by atoms with van der Waals surface area (Å²) in [6.45, 7) is 39.0. The van der Waals surface area contributed by atoms with E-state index < -0.39 is 0 Å². The molecule has 0 aliphatic heterocycles. The lowest BCUT2D eigenvalue weighted by Crippen LogP contribution is -2.25. The van der Waals surface area contributed by atoms with E-state index in [-0.39, 0.29) is 97.7 Å². The molecular formula is C48H78O9. The molecule has 0 aliphatic carbocycles. The third-order valence-corrected chi connectivity index (χ3v) is 9.14. The predicted molar refractivity (Wildman–Crippen MR) is 230 cm³/mol. The maximum absolute atomic E-state index is 12.7. The minimum absolute atomic E-state index is 0.127. The van der Waals surface area contributed by atoms with Crippen molar-refractivity contribution in [3.63, 3.8) is 0 Å². The second-order valence-electron chi connectivity index (χ2n) is 21.1. The Morgan fingerprint density at radius 3 is 0.965 bits per heavy atom. The van der Waals surface area contributed by atoms with E-state index in [1.165, 1.54) is 0 Å². The first-order chi connectivity index (χ1) is 25.9. The zero-order valence-corrected chi connectivity index (χ0v) is 39.1. The molecule has 0 fully saturated rings. The van der Waals surface area contributed by atoms with Crippen molar-refractivity contribution in [3.05, 3.63) is 57.6 Å². The Bertz CT molecular complexity index is 1410. The van der Waals surface area contributed by atoms with Crippen molar-refractivity contribution in [2.75, 3.05) is 40.0 Å². The molecule has 2 aromatic carbocycles. The normalized spacial score (nSPS) is 13.1. The minimum atomic E-state index is -0.315. The van der Waals surface area contributed by atoms with Gasteiger partial charge in [-0.15, -0.1) is 0 Å². The highest BCUT2D eigenvalue weighted by molar-refractivity contribution is 5.70. The Balaban J connectivity index is 1.89. The summed E-state index contributed by atoms with van der Waals surface area (Å²) in [5.74, 6) is 1.11. The van der Waals surface area contributed by atoms with E-state index in [0.717, 1.165) is 44.9 Å². The molecule has 0 bridgehead atoms. The fourth-order valence-corrected chi connectivity index (χ4v) is 5.90. The number of hydrogen-bond donors (Lipinski definition) is 0. The molecule has 2 aromatic rings. The van der Waals surface area contributed by atoms with Gasteiger partial charge in [0.05, 0.1) is 24.4 Å². The van der Waals surface area contributed by atoms with E-state index in [2.05, 4.69) is 107 Å². The third-order valence-electron chi connectivity index (χ3n) is 9.14. The molecule has 0 aliphatic rings. The first-order valence-corrected chi connectivity index (χ1v) is 20.7. The fourth-order valence-electron chi connectivity index (χ4n) is 5.90. The number of carbonyl (C=O) groups excluding carboxylic acids is 2. The van der Waals surface area contributed by atoms with Crippen LogP contribution in [0.15, 0.2) is 24.3 Å². The summed E-state index contributed by atoms with van der Waals surface area (Å²) in [4.78, 5) is 25.4. The van der Waals surface area contributed by atoms with Crippen LogP contribution in [-0.2, 0) is 67.8 Å². The first kappa shape index (κ1) is 50.0. The number of ether oxygens (including phenoxy) is 7. The maximum atomic E-state index is 12.7. The topological polar surface area (TPSA) is 98.8 Å². The zero-order chi connectivity index (χ0) is 43.6. The van der Waals surface area contributed by atoms with Gasteiger partial charge in [-0.3, -0.25) is 9.59 Å². The molecule has 0 radical (unpaired) electrons. The van der Waals surface area contributed by atoms with Crippen molar-refractivity contribution in [1.29, 1.82) is 0 Å². The largest absolute Gasteiger partial charge is 0.467 e. The molecule has 9 heteroatoms. The first-order valence-electron chi connectivity index (χ1n) is 20.7. The summed E-state index contributed by atoms with van der Waals surface area (Å²) in [5, 5.41) is 0. The average molecular weight is 799 g/mol. The molecule has 0 unspecified atom stereocenters. The van der Waals surface area contributed by atoms with E-state index in [1.807, 2.05) is 41.5 Å². The molecule has 9 nitrogen and oxygen atoms in total. The smallest absolute Gasteiger partial charge is 0.306 e. The molecule has 324 valence electrons. The molecular weight excluding hydrogens is 721 g/mol. The number of hydrogen-bond acceptors (Lipinski definition) is 9. The van der Waals surface area contributed by atoms with E-state index in [4.69, 9.17) is 33.2 Å². The Morgan fingerprint density at radius 1 is 0.439 bits per heavy atom. The quantitative estimate of drug-likeness (QED) is 0.0829. The number of carbonyl (C=O) groups is 2. The van der Waals surface area contributed by atoms with Crippen LogP contribution in [0.1, 0.15) is 171 Å². The number of rotatable bonds is 18. The van der Waals surface area contributed by atoms with Gasteiger partial charge < -0.3 is 33.2 Å². The van der Waals surface area contributed by atoms with Crippen molar-refractivity contribution < 1.29 is 42.7 Å². The molecule has 0 amide bonds. The highest BCUT2D eigenvalue weighted by atomic mass is 16.7. The van der Waals surface area contributed by atoms with Gasteiger partial charge in [0.1, 0.15) is 24.7 Å². The van der Waals surface area contributed by atoms with Gasteiger partial charge in [0.2, 0.25) is 0 Å². The fraction of sp³-hybridized carbons (Fsp3) is 0.708. The molecule has 2 rings (SSSR count). The maximum Gasteiger partial charge on any atom is 0.306 e. The van der Waals surface area contributed by atoms with Gasteiger partial charge in [0, 0.05) is 35.1 Å². The Morgan fingerprint density at radius 2 is 0.719 bits per heavy atom. The van der Waals surface area contributed by atoms with E-state index in [0.29, 0.717) is 12.8 Å². The lowest BCUT2D eigenvalue weighted by Gasteiger charge is -2.31. The van der Waals surface area contributed by atoms with Crippen molar-refractivity contribution in [2.45, 2.75) is 183 Å². The van der Waals surface area contributed by atoms with E-state index in [9.17, 15) is 9.59 Å². The lowest BCUT2D eigenvalue weighted by atomic mass is 9.78. The van der Waals surface area contributed by atoms with Gasteiger partial charge in [0.15, 0.2) is 13.6 Å². The van der Waals surface area contributed by atoms with Crippen LogP contribution in [0.3, 0.4) is 0 Å². The van der Waals surface area contributed by atoms with Crippen LogP contribution in [0, 0.1) is 0 Å². The molecule has 0 aromatic heterocycles. The summed E-state index contributed by atoms with van der Waals surface area (Å²) in [6, 6.07) is 8.56. The number of benzene rings is 2. The highest BCUT2D eigenvalue weighted by Crippen LogP contribution is 2.42. The lowest BCUT2D eigenvalue weighted by molar-refractivity contribution is -0.146. The summed E-state index contributed by atoms with van der Waals surface area (Å²) in [6.07, 6.45) is 1.57. The monoisotopic (exact) mass is 799 g/mol. The second-order valence-corrected chi connectivity index (χ2v) is 21.1. The van der Waals surface area contributed by atoms with E-state index in [1.54, 1.807) is 0 Å². The molecule has 0 spiro atoms. The molecule has 57 heavy (non-hydrogen) atoms. The van der Waals surface area contributed by atoms with Crippen LogP contribution in [0.5, 0.6) is 11.5 Å². The minimum Gasteiger partial charge on any atom is -0.467 e. The number of aryl methyl sites for hydroxylation is 2. The number of esters is 2. The second kappa shape index (κ2) is 20.2. The summed E-state index contributed by atoms with van der Waals surface area (Å²) >= 11 is 0. The van der Waals surface area contributed by atoms with Crippen LogP contribution in [-0.4, -0.2) is 63.2 Å².